The first-order valence-electron chi connectivity index (χ1n) is 10.5. The molecular weight excluding hydrogens is 392 g/mol. The van der Waals surface area contributed by atoms with E-state index in [0.717, 1.165) is 28.6 Å². The molecule has 0 aliphatic rings. The summed E-state index contributed by atoms with van der Waals surface area (Å²) in [5.41, 5.74) is 3.20. The van der Waals surface area contributed by atoms with Crippen LogP contribution in [-0.2, 0) is 17.6 Å². The highest BCUT2D eigenvalue weighted by molar-refractivity contribution is 6.00. The van der Waals surface area contributed by atoms with Crippen molar-refractivity contribution < 1.29 is 9.59 Å². The van der Waals surface area contributed by atoms with E-state index in [1.807, 2.05) is 38.1 Å². The first kappa shape index (κ1) is 22.1. The van der Waals surface area contributed by atoms with Crippen LogP contribution in [0.4, 0.5) is 0 Å². The third-order valence-corrected chi connectivity index (χ3v) is 5.16. The molecule has 2 heterocycles. The van der Waals surface area contributed by atoms with Crippen molar-refractivity contribution in [3.8, 4) is 6.07 Å². The predicted octanol–water partition coefficient (Wildman–Crippen LogP) is 2.85. The van der Waals surface area contributed by atoms with E-state index >= 15 is 0 Å². The molecule has 0 aliphatic heterocycles. The number of nitrogens with zero attached hydrogens (tertiary/aromatic N) is 2. The molecule has 2 amide bonds. The Hall–Kier alpha value is -3.60. The van der Waals surface area contributed by atoms with Crippen LogP contribution in [0.3, 0.4) is 0 Å². The van der Waals surface area contributed by atoms with Crippen LogP contribution in [0.15, 0.2) is 36.8 Å². The molecule has 0 saturated heterocycles. The van der Waals surface area contributed by atoms with Gasteiger partial charge in [-0.25, -0.2) is 4.98 Å². The summed E-state index contributed by atoms with van der Waals surface area (Å²) in [6.07, 6.45) is 4.77. The molecule has 0 saturated carbocycles. The number of aromatic nitrogens is 3. The number of hydrogen-bond donors (Lipinski definition) is 4. The number of nitrogens with one attached hydrogen (secondary N) is 4. The van der Waals surface area contributed by atoms with E-state index in [1.165, 1.54) is 6.33 Å². The van der Waals surface area contributed by atoms with Crippen LogP contribution in [0.25, 0.3) is 10.9 Å². The first-order chi connectivity index (χ1) is 14.9. The highest BCUT2D eigenvalue weighted by Gasteiger charge is 2.25. The molecule has 0 spiro atoms. The monoisotopic (exact) mass is 420 g/mol. The Kier molecular flexibility index (Phi) is 7.08. The van der Waals surface area contributed by atoms with Gasteiger partial charge in [0.05, 0.1) is 12.4 Å². The van der Waals surface area contributed by atoms with Crippen molar-refractivity contribution in [3.63, 3.8) is 0 Å². The van der Waals surface area contributed by atoms with Crippen LogP contribution >= 0.6 is 0 Å². The van der Waals surface area contributed by atoms with Gasteiger partial charge in [0.25, 0.3) is 5.91 Å². The molecule has 0 aliphatic carbocycles. The number of hydrogen-bond acceptors (Lipinski definition) is 4. The van der Waals surface area contributed by atoms with Crippen molar-refractivity contribution in [1.29, 1.82) is 5.26 Å². The van der Waals surface area contributed by atoms with Gasteiger partial charge in [0.15, 0.2) is 0 Å². The Bertz CT molecular complexity index is 1080. The minimum absolute atomic E-state index is 0.179. The van der Waals surface area contributed by atoms with E-state index in [-0.39, 0.29) is 17.7 Å². The number of carbonyl (C=O) groups excluding carboxylic acids is 2. The minimum Gasteiger partial charge on any atom is -0.351 e. The second-order valence-electron chi connectivity index (χ2n) is 8.04. The molecule has 0 unspecified atom stereocenters. The number of imidazole rings is 1. The van der Waals surface area contributed by atoms with Crippen molar-refractivity contribution in [1.82, 2.24) is 25.6 Å². The number of aryl methyl sites for hydroxylation is 1. The standard InChI is InChI=1S/C23H28N6O2/c1-4-15-6-5-7-19-18(15)10-21(28-19)23(31)29-20(8-14(2)3)22(30)27-16(11-24)9-17-12-25-13-26-17/h5-7,10,12-14,16,20,28H,4,8-9H2,1-3H3,(H,25,26)(H,27,30)(H,29,31)/t16-,20-/m0/s1. The fourth-order valence-corrected chi connectivity index (χ4v) is 3.61. The zero-order valence-electron chi connectivity index (χ0n) is 18.0. The number of benzene rings is 1. The van der Waals surface area contributed by atoms with Crippen molar-refractivity contribution in [2.75, 3.05) is 0 Å². The molecule has 1 aromatic carbocycles. The van der Waals surface area contributed by atoms with Gasteiger partial charge < -0.3 is 20.6 Å². The molecule has 3 aromatic rings. The summed E-state index contributed by atoms with van der Waals surface area (Å²) in [6, 6.07) is 8.37. The fourth-order valence-electron chi connectivity index (χ4n) is 3.61. The van der Waals surface area contributed by atoms with E-state index in [0.29, 0.717) is 18.5 Å². The number of rotatable bonds is 9. The van der Waals surface area contributed by atoms with E-state index in [1.54, 1.807) is 6.20 Å². The second-order valence-corrected chi connectivity index (χ2v) is 8.04. The van der Waals surface area contributed by atoms with E-state index in [9.17, 15) is 14.9 Å². The summed E-state index contributed by atoms with van der Waals surface area (Å²) in [5, 5.41) is 16.0. The van der Waals surface area contributed by atoms with Gasteiger partial charge in [0.1, 0.15) is 17.8 Å². The third kappa shape index (κ3) is 5.51. The van der Waals surface area contributed by atoms with Gasteiger partial charge in [-0.1, -0.05) is 32.9 Å². The van der Waals surface area contributed by atoms with E-state index in [2.05, 4.69) is 38.6 Å². The molecule has 3 rings (SSSR count). The van der Waals surface area contributed by atoms with E-state index < -0.39 is 12.1 Å². The smallest absolute Gasteiger partial charge is 0.268 e. The predicted molar refractivity (Wildman–Crippen MR) is 118 cm³/mol. The number of fused-ring (bicyclic) bond motifs is 1. The largest absolute Gasteiger partial charge is 0.351 e. The maximum absolute atomic E-state index is 12.9. The number of aromatic amines is 2. The lowest BCUT2D eigenvalue weighted by Crippen LogP contribution is -2.50. The zero-order chi connectivity index (χ0) is 22.4. The Labute approximate surface area is 181 Å². The summed E-state index contributed by atoms with van der Waals surface area (Å²) < 4.78 is 0. The van der Waals surface area contributed by atoms with Crippen molar-refractivity contribution in [2.45, 2.75) is 52.1 Å². The molecular formula is C23H28N6O2. The third-order valence-electron chi connectivity index (χ3n) is 5.16. The van der Waals surface area contributed by atoms with Gasteiger partial charge in [-0.15, -0.1) is 0 Å². The molecule has 8 heteroatoms. The fraction of sp³-hybridized carbons (Fsp3) is 0.391. The Morgan fingerprint density at radius 1 is 1.26 bits per heavy atom. The van der Waals surface area contributed by atoms with Crippen LogP contribution in [0.5, 0.6) is 0 Å². The van der Waals surface area contributed by atoms with Gasteiger partial charge >= 0.3 is 0 Å². The molecule has 2 atom stereocenters. The molecule has 0 fully saturated rings. The first-order valence-corrected chi connectivity index (χ1v) is 10.5. The molecule has 31 heavy (non-hydrogen) atoms. The minimum atomic E-state index is -0.748. The quantitative estimate of drug-likeness (QED) is 0.424. The van der Waals surface area contributed by atoms with Crippen LogP contribution in [0.1, 0.15) is 48.9 Å². The van der Waals surface area contributed by atoms with Crippen molar-refractivity contribution in [2.24, 2.45) is 5.92 Å². The molecule has 0 bridgehead atoms. The second kappa shape index (κ2) is 9.94. The van der Waals surface area contributed by atoms with Crippen molar-refractivity contribution in [3.05, 3.63) is 53.7 Å². The zero-order valence-corrected chi connectivity index (χ0v) is 18.0. The average molecular weight is 421 g/mol. The van der Waals surface area contributed by atoms with Gasteiger partial charge in [-0.2, -0.15) is 5.26 Å². The highest BCUT2D eigenvalue weighted by Crippen LogP contribution is 2.20. The Balaban J connectivity index is 1.73. The lowest BCUT2D eigenvalue weighted by Gasteiger charge is -2.21. The summed E-state index contributed by atoms with van der Waals surface area (Å²) in [5.74, 6) is -0.543. The van der Waals surface area contributed by atoms with Crippen LogP contribution in [0, 0.1) is 17.2 Å². The van der Waals surface area contributed by atoms with Gasteiger partial charge in [-0.3, -0.25) is 9.59 Å². The summed E-state index contributed by atoms with van der Waals surface area (Å²) in [6.45, 7) is 6.03. The van der Waals surface area contributed by atoms with Crippen LogP contribution in [0.2, 0.25) is 0 Å². The van der Waals surface area contributed by atoms with Gasteiger partial charge in [0.2, 0.25) is 5.91 Å². The molecule has 162 valence electrons. The van der Waals surface area contributed by atoms with E-state index in [4.69, 9.17) is 0 Å². The lowest BCUT2D eigenvalue weighted by atomic mass is 10.0. The summed E-state index contributed by atoms with van der Waals surface area (Å²) in [7, 11) is 0. The Morgan fingerprint density at radius 3 is 2.71 bits per heavy atom. The van der Waals surface area contributed by atoms with Crippen LogP contribution < -0.4 is 10.6 Å². The summed E-state index contributed by atoms with van der Waals surface area (Å²) >= 11 is 0. The highest BCUT2D eigenvalue weighted by atomic mass is 16.2. The molecule has 8 nitrogen and oxygen atoms in total. The molecule has 0 radical (unpaired) electrons. The number of nitriles is 1. The number of H-pyrrole nitrogens is 2. The van der Waals surface area contributed by atoms with Crippen LogP contribution in [-0.4, -0.2) is 38.8 Å². The molecule has 2 aromatic heterocycles. The van der Waals surface area contributed by atoms with Gasteiger partial charge in [0, 0.05) is 29.2 Å². The lowest BCUT2D eigenvalue weighted by molar-refractivity contribution is -0.123. The number of amides is 2. The SMILES string of the molecule is CCc1cccc2[nH]c(C(=O)N[C@@H](CC(C)C)C(=O)N[C@H](C#N)Cc3cnc[nH]3)cc12. The van der Waals surface area contributed by atoms with Crippen molar-refractivity contribution >= 4 is 22.7 Å². The maximum Gasteiger partial charge on any atom is 0.268 e. The van der Waals surface area contributed by atoms with Gasteiger partial charge in [-0.05, 0) is 36.5 Å². The maximum atomic E-state index is 12.9. The summed E-state index contributed by atoms with van der Waals surface area (Å²) in [4.78, 5) is 35.8. The normalized spacial score (nSPS) is 13.0. The number of carbonyl (C=O) groups is 2. The topological polar surface area (TPSA) is 126 Å². The Morgan fingerprint density at radius 2 is 2.06 bits per heavy atom. The average Bonchev–Trinajstić information content (AvgIpc) is 3.41. The molecule has 4 N–H and O–H groups in total.